The maximum absolute atomic E-state index is 13.5. The third kappa shape index (κ3) is 19.2. The second kappa shape index (κ2) is 38.9. The molecule has 0 heterocycles. The van der Waals surface area contributed by atoms with E-state index in [0.29, 0.717) is 169 Å². The van der Waals surface area contributed by atoms with Gasteiger partial charge < -0.3 is 80.2 Å². The van der Waals surface area contributed by atoms with Crippen LogP contribution in [0.3, 0.4) is 0 Å². The van der Waals surface area contributed by atoms with E-state index in [-0.39, 0.29) is 63.6 Å². The number of rotatable bonds is 28. The molecule has 0 saturated heterocycles. The first-order chi connectivity index (χ1) is 64.9. The van der Waals surface area contributed by atoms with E-state index in [1.807, 2.05) is 193 Å². The summed E-state index contributed by atoms with van der Waals surface area (Å²) in [4.78, 5) is 52.6. The van der Waals surface area contributed by atoms with Gasteiger partial charge >= 0.3 is 24.1 Å². The normalized spacial score (nSPS) is 15.2. The molecule has 2 aliphatic rings. The summed E-state index contributed by atoms with van der Waals surface area (Å²) >= 11 is 0. The van der Waals surface area contributed by atoms with Crippen molar-refractivity contribution in [2.75, 3.05) is 19.8 Å². The summed E-state index contributed by atoms with van der Waals surface area (Å²) in [6, 6.07) is 46.3. The fourth-order valence-corrected chi connectivity index (χ4v) is 23.0. The van der Waals surface area contributed by atoms with E-state index in [1.165, 1.54) is 0 Å². The molecule has 0 aromatic heterocycles. The summed E-state index contributed by atoms with van der Waals surface area (Å²) in [6.07, 6.45) is 3.07. The predicted molar refractivity (Wildman–Crippen MR) is 536 cm³/mol. The number of carboxylic acid groups (broad SMARTS) is 4. The first kappa shape index (κ1) is 100. The number of phenols is 8. The summed E-state index contributed by atoms with van der Waals surface area (Å²) in [5.41, 5.74) is 22.7. The summed E-state index contributed by atoms with van der Waals surface area (Å²) in [6.45, 7) is 40.4. The molecule has 14 rings (SSSR count). The van der Waals surface area contributed by atoms with Gasteiger partial charge in [-0.1, -0.05) is 111 Å². The van der Waals surface area contributed by atoms with Gasteiger partial charge in [0.2, 0.25) is 0 Å². The van der Waals surface area contributed by atoms with Crippen molar-refractivity contribution in [2.45, 2.75) is 238 Å². The molecule has 20 nitrogen and oxygen atoms in total. The van der Waals surface area contributed by atoms with Crippen LogP contribution >= 0.6 is 0 Å². The SMILES string of the molecule is Cc1cc(C(c2cc(C)c(O)cc2C)c2cc(C3(c4cc(C)c(OCC(=O)O)c(C(c5cc(C)c(O)cc5C)c5cc(C)c(O)cc5C)c4)CCC(C(C)(C)C4CCC(c5cc(C)c(OCC(=O)O)c(C(c6cc(C)c(O)cc6C)c6cc(C)c(O)cc6C)c5)(c5cc(C)c(OC(=O)O)c(C(c6cc(C)c(O)cc6C)c6cc(C)c(O)cc6C)c5)CC4)CC3)cc(C)c2OCC(=O)O)c(C)cc1O. The minimum atomic E-state index is -1.54. The molecule has 2 fully saturated rings. The van der Waals surface area contributed by atoms with Gasteiger partial charge in [-0.15, -0.1) is 0 Å². The van der Waals surface area contributed by atoms with Gasteiger partial charge in [0.25, 0.3) is 0 Å². The Hall–Kier alpha value is -13.9. The van der Waals surface area contributed by atoms with Crippen molar-refractivity contribution < 1.29 is 99.4 Å². The number of phenolic OH excluding ortho intramolecular Hbond substituents is 8. The third-order valence-corrected chi connectivity index (χ3v) is 30.8. The highest BCUT2D eigenvalue weighted by Gasteiger charge is 2.51. The molecule has 0 radical (unpaired) electrons. The van der Waals surface area contributed by atoms with E-state index in [9.17, 15) is 80.5 Å². The monoisotopic (exact) mass is 1870 g/mol. The van der Waals surface area contributed by atoms with Crippen molar-refractivity contribution in [1.29, 1.82) is 0 Å². The molecule has 0 bridgehead atoms. The van der Waals surface area contributed by atoms with Crippen molar-refractivity contribution in [3.63, 3.8) is 0 Å². The Bertz CT molecular complexity index is 6460. The van der Waals surface area contributed by atoms with Crippen LogP contribution < -0.4 is 18.9 Å². The second-order valence-electron chi connectivity index (χ2n) is 40.5. The Morgan fingerprint density at radius 2 is 0.428 bits per heavy atom. The lowest BCUT2D eigenvalue weighted by Gasteiger charge is -2.52. The number of benzene rings is 12. The number of aromatic hydroxyl groups is 8. The van der Waals surface area contributed by atoms with Gasteiger partial charge in [0.15, 0.2) is 19.8 Å². The van der Waals surface area contributed by atoms with E-state index in [1.54, 1.807) is 48.5 Å². The van der Waals surface area contributed by atoms with Gasteiger partial charge in [-0.2, -0.15) is 0 Å². The first-order valence-corrected chi connectivity index (χ1v) is 47.4. The number of carbonyl (C=O) groups is 4. The maximum atomic E-state index is 13.5. The molecule has 722 valence electrons. The predicted octanol–water partition coefficient (Wildman–Crippen LogP) is 25.3. The van der Waals surface area contributed by atoms with E-state index in [4.69, 9.17) is 18.9 Å². The van der Waals surface area contributed by atoms with Crippen LogP contribution in [-0.2, 0) is 25.2 Å². The molecule has 2 aliphatic carbocycles. The fraction of sp³-hybridized carbons (Fsp3) is 0.356. The van der Waals surface area contributed by atoms with E-state index < -0.39 is 83.8 Å². The molecule has 12 aromatic carbocycles. The Balaban J connectivity index is 1.00. The number of carboxylic acids is 3. The molecule has 12 N–H and O–H groups in total. The molecular weight excluding hydrogens is 1740 g/mol. The minimum Gasteiger partial charge on any atom is -0.508 e. The lowest BCUT2D eigenvalue weighted by atomic mass is 9.52. The highest BCUT2D eigenvalue weighted by atomic mass is 16.7. The lowest BCUT2D eigenvalue weighted by molar-refractivity contribution is -0.140. The maximum Gasteiger partial charge on any atom is 0.511 e. The van der Waals surface area contributed by atoms with E-state index in [2.05, 4.69) is 56.3 Å². The number of aryl methyl sites for hydroxylation is 20. The van der Waals surface area contributed by atoms with Crippen LogP contribution in [0.4, 0.5) is 4.79 Å². The van der Waals surface area contributed by atoms with Crippen molar-refractivity contribution in [3.05, 3.63) is 346 Å². The number of hydrogen-bond acceptors (Lipinski definition) is 16. The van der Waals surface area contributed by atoms with E-state index >= 15 is 0 Å². The molecule has 2 saturated carbocycles. The number of ether oxygens (including phenoxy) is 4. The lowest BCUT2D eigenvalue weighted by Crippen LogP contribution is -2.43. The molecule has 20 heteroatoms. The zero-order valence-corrected chi connectivity index (χ0v) is 83.2. The zero-order valence-electron chi connectivity index (χ0n) is 83.2. The Kier molecular flexibility index (Phi) is 28.2. The Morgan fingerprint density at radius 3 is 0.601 bits per heavy atom. The number of hydrogen-bond donors (Lipinski definition) is 12. The van der Waals surface area contributed by atoms with Crippen LogP contribution in [0.15, 0.2) is 146 Å². The highest BCUT2D eigenvalue weighted by Crippen LogP contribution is 2.62. The fourth-order valence-electron chi connectivity index (χ4n) is 23.0. The van der Waals surface area contributed by atoms with E-state index in [0.717, 1.165) is 100 Å². The Morgan fingerprint density at radius 1 is 0.254 bits per heavy atom. The largest absolute Gasteiger partial charge is 0.511 e. The molecule has 12 aromatic rings. The summed E-state index contributed by atoms with van der Waals surface area (Å²) in [5.74, 6) is -4.70. The van der Waals surface area contributed by atoms with Gasteiger partial charge in [0.1, 0.15) is 69.0 Å². The van der Waals surface area contributed by atoms with Crippen molar-refractivity contribution in [3.8, 4) is 69.0 Å². The molecule has 0 spiro atoms. The van der Waals surface area contributed by atoms with Crippen LogP contribution in [0.2, 0.25) is 0 Å². The molecular formula is C118H130O20. The standard InChI is InChI=1S/C118H130O20/c1-58-43-96(119)66(9)35-84(58)107(85-36-67(10)97(120)44-59(85)2)92-51-80(31-74(17)111(92)135-55-104(127)128)117(81-32-75(18)112(136-56-105(129)130)93(52-81)108(86-37-68(11)98(121)45-60(86)3)87-38-69(12)99(122)46-61(87)4)27-23-78(24-28-117)116(21,22)79-25-29-118(30-26-79,83-34-77(20)114(138-115(133)134)95(54-83)110(90-41-72(15)102(125)49-64(90)7)91-42-73(16)103(126)50-65(91)8)82-33-76(19)113(137-57-106(131)132)94(53-82)109(88-39-70(13)100(123)47-62(88)5)89-40-71(14)101(124)48-63(89)6/h31-54,78-79,107-110,119-126H,23-30,55-57H2,1-22H3,(H,127,128)(H,129,130)(H,131,132)(H,133,134). The summed E-state index contributed by atoms with van der Waals surface area (Å²) in [5, 5.41) is 135. The van der Waals surface area contributed by atoms with Crippen molar-refractivity contribution >= 4 is 24.1 Å². The summed E-state index contributed by atoms with van der Waals surface area (Å²) < 4.78 is 26.0. The highest BCUT2D eigenvalue weighted by molar-refractivity contribution is 5.74. The van der Waals surface area contributed by atoms with Crippen molar-refractivity contribution in [1.82, 2.24) is 0 Å². The van der Waals surface area contributed by atoms with Crippen molar-refractivity contribution in [2.24, 2.45) is 17.3 Å². The van der Waals surface area contributed by atoms with Gasteiger partial charge in [0, 0.05) is 56.8 Å². The van der Waals surface area contributed by atoms with Gasteiger partial charge in [0.05, 0.1) is 0 Å². The average Bonchev–Trinajstić information content (AvgIpc) is 0.724. The topological polar surface area (TPSA) is 348 Å². The summed E-state index contributed by atoms with van der Waals surface area (Å²) in [7, 11) is 0. The Labute approximate surface area is 808 Å². The molecule has 138 heavy (non-hydrogen) atoms. The first-order valence-electron chi connectivity index (χ1n) is 47.4. The third-order valence-electron chi connectivity index (χ3n) is 30.8. The molecule has 0 unspecified atom stereocenters. The average molecular weight is 1870 g/mol. The van der Waals surface area contributed by atoms with Gasteiger partial charge in [-0.3, -0.25) is 0 Å². The van der Waals surface area contributed by atoms with Crippen LogP contribution in [0, 0.1) is 156 Å². The molecule has 0 atom stereocenters. The van der Waals surface area contributed by atoms with Crippen LogP contribution in [0.25, 0.3) is 0 Å². The molecule has 0 aliphatic heterocycles. The van der Waals surface area contributed by atoms with Gasteiger partial charge in [-0.25, -0.2) is 19.2 Å². The molecule has 0 amide bonds. The minimum absolute atomic E-state index is 0.0107. The zero-order chi connectivity index (χ0) is 101. The second-order valence-corrected chi connectivity index (χ2v) is 40.5. The van der Waals surface area contributed by atoms with Crippen LogP contribution in [0.1, 0.15) is 289 Å². The smallest absolute Gasteiger partial charge is 0.508 e. The van der Waals surface area contributed by atoms with Crippen LogP contribution in [0.5, 0.6) is 69.0 Å². The quantitative estimate of drug-likeness (QED) is 0.0123. The van der Waals surface area contributed by atoms with Gasteiger partial charge in [-0.05, 0) is 434 Å². The number of aliphatic carboxylic acids is 3. The van der Waals surface area contributed by atoms with Crippen LogP contribution in [-0.4, -0.2) is 105 Å².